The number of hydrogen-bond acceptors (Lipinski definition) is 4. The molecule has 1 N–H and O–H groups in total. The van der Waals surface area contributed by atoms with Gasteiger partial charge in [-0.1, -0.05) is 12.8 Å². The molecule has 8 nitrogen and oxygen atoms in total. The van der Waals surface area contributed by atoms with E-state index in [2.05, 4.69) is 5.32 Å². The molecule has 2 saturated heterocycles. The zero-order chi connectivity index (χ0) is 20.1. The van der Waals surface area contributed by atoms with Crippen LogP contribution in [0.25, 0.3) is 0 Å². The standard InChI is InChI=1S/C19H30N4O4S/c1-21-15-16(28(26,27)23-12-6-7-13-23)14-17(21)19(25)20-9-8-18(24)22-10-4-2-3-5-11-22/h14-15H,2-13H2,1H3,(H,20,25). The molecule has 3 rings (SSSR count). The number of nitrogens with one attached hydrogen (secondary N) is 1. The van der Waals surface area contributed by atoms with Crippen LogP contribution in [-0.2, 0) is 21.9 Å². The molecule has 1 aromatic rings. The van der Waals surface area contributed by atoms with Crippen molar-refractivity contribution in [1.29, 1.82) is 0 Å². The third-order valence-electron chi connectivity index (χ3n) is 5.50. The molecule has 1 aromatic heterocycles. The van der Waals surface area contributed by atoms with Crippen molar-refractivity contribution in [3.05, 3.63) is 18.0 Å². The summed E-state index contributed by atoms with van der Waals surface area (Å²) >= 11 is 0. The third kappa shape index (κ3) is 4.75. The Labute approximate surface area is 166 Å². The minimum absolute atomic E-state index is 0.0615. The van der Waals surface area contributed by atoms with Crippen molar-refractivity contribution < 1.29 is 18.0 Å². The maximum atomic E-state index is 12.7. The molecule has 2 aliphatic rings. The number of likely N-dealkylation sites (tertiary alicyclic amines) is 1. The molecule has 2 amide bonds. The van der Waals surface area contributed by atoms with E-state index in [1.807, 2.05) is 4.90 Å². The lowest BCUT2D eigenvalue weighted by Gasteiger charge is -2.20. The highest BCUT2D eigenvalue weighted by atomic mass is 32.2. The molecule has 9 heteroatoms. The van der Waals surface area contributed by atoms with Gasteiger partial charge >= 0.3 is 0 Å². The van der Waals surface area contributed by atoms with Crippen molar-refractivity contribution in [3.8, 4) is 0 Å². The largest absolute Gasteiger partial charge is 0.350 e. The molecule has 2 aliphatic heterocycles. The number of sulfonamides is 1. The molecule has 3 heterocycles. The maximum Gasteiger partial charge on any atom is 0.267 e. The molecule has 0 unspecified atom stereocenters. The minimum atomic E-state index is -3.55. The summed E-state index contributed by atoms with van der Waals surface area (Å²) in [4.78, 5) is 26.8. The number of rotatable bonds is 6. The summed E-state index contributed by atoms with van der Waals surface area (Å²) in [6.45, 7) is 2.88. The van der Waals surface area contributed by atoms with Gasteiger partial charge in [-0.2, -0.15) is 4.31 Å². The molecule has 28 heavy (non-hydrogen) atoms. The van der Waals surface area contributed by atoms with Crippen molar-refractivity contribution in [3.63, 3.8) is 0 Å². The molecule has 2 fully saturated rings. The number of carbonyl (C=O) groups is 2. The van der Waals surface area contributed by atoms with E-state index in [0.717, 1.165) is 51.6 Å². The lowest BCUT2D eigenvalue weighted by atomic mass is 10.2. The van der Waals surface area contributed by atoms with Gasteiger partial charge in [-0.25, -0.2) is 8.42 Å². The smallest absolute Gasteiger partial charge is 0.267 e. The highest BCUT2D eigenvalue weighted by Crippen LogP contribution is 2.22. The predicted molar refractivity (Wildman–Crippen MR) is 105 cm³/mol. The van der Waals surface area contributed by atoms with Crippen LogP contribution in [0, 0.1) is 0 Å². The summed E-state index contributed by atoms with van der Waals surface area (Å²) in [7, 11) is -1.90. The van der Waals surface area contributed by atoms with Gasteiger partial charge in [-0.05, 0) is 31.7 Å². The first-order valence-electron chi connectivity index (χ1n) is 10.1. The molecule has 0 aliphatic carbocycles. The molecule has 0 spiro atoms. The number of hydrogen-bond donors (Lipinski definition) is 1. The molecular weight excluding hydrogens is 380 g/mol. The molecule has 156 valence electrons. The number of carbonyl (C=O) groups excluding carboxylic acids is 2. The maximum absolute atomic E-state index is 12.7. The fourth-order valence-electron chi connectivity index (χ4n) is 3.83. The van der Waals surface area contributed by atoms with Gasteiger partial charge in [0.15, 0.2) is 0 Å². The molecule has 0 saturated carbocycles. The second-order valence-corrected chi connectivity index (χ2v) is 9.52. The van der Waals surface area contributed by atoms with Crippen molar-refractivity contribution >= 4 is 21.8 Å². The van der Waals surface area contributed by atoms with Gasteiger partial charge in [0.05, 0.1) is 0 Å². The highest BCUT2D eigenvalue weighted by Gasteiger charge is 2.29. The highest BCUT2D eigenvalue weighted by molar-refractivity contribution is 7.89. The quantitative estimate of drug-likeness (QED) is 0.766. The Bertz CT molecular complexity index is 804. The van der Waals surface area contributed by atoms with Crippen LogP contribution in [0.1, 0.15) is 55.4 Å². The Morgan fingerprint density at radius 3 is 2.25 bits per heavy atom. The summed E-state index contributed by atoms with van der Waals surface area (Å²) in [6, 6.07) is 1.42. The summed E-state index contributed by atoms with van der Waals surface area (Å²) in [5.74, 6) is -0.305. The Morgan fingerprint density at radius 2 is 1.61 bits per heavy atom. The van der Waals surface area contributed by atoms with Gasteiger partial charge in [0.25, 0.3) is 5.91 Å². The fraction of sp³-hybridized carbons (Fsp3) is 0.684. The van der Waals surface area contributed by atoms with E-state index < -0.39 is 10.0 Å². The predicted octanol–water partition coefficient (Wildman–Crippen LogP) is 1.33. The summed E-state index contributed by atoms with van der Waals surface area (Å²) in [5.41, 5.74) is 0.278. The lowest BCUT2D eigenvalue weighted by Crippen LogP contribution is -2.35. The number of amides is 2. The number of aryl methyl sites for hydroxylation is 1. The normalized spacial score (nSPS) is 18.8. The average molecular weight is 411 g/mol. The van der Waals surface area contributed by atoms with Crippen LogP contribution >= 0.6 is 0 Å². The van der Waals surface area contributed by atoms with Crippen LogP contribution in [0.5, 0.6) is 0 Å². The Balaban J connectivity index is 1.56. The van der Waals surface area contributed by atoms with Gasteiger partial charge in [-0.3, -0.25) is 9.59 Å². The lowest BCUT2D eigenvalue weighted by molar-refractivity contribution is -0.131. The minimum Gasteiger partial charge on any atom is -0.350 e. The van der Waals surface area contributed by atoms with Crippen molar-refractivity contribution in [1.82, 2.24) is 19.1 Å². The third-order valence-corrected chi connectivity index (χ3v) is 7.36. The first-order chi connectivity index (χ1) is 13.4. The second-order valence-electron chi connectivity index (χ2n) is 7.58. The van der Waals surface area contributed by atoms with Crippen LogP contribution < -0.4 is 5.32 Å². The Hall–Kier alpha value is -1.87. The molecule has 0 aromatic carbocycles. The van der Waals surface area contributed by atoms with Crippen molar-refractivity contribution in [2.75, 3.05) is 32.7 Å². The van der Waals surface area contributed by atoms with Crippen molar-refractivity contribution in [2.45, 2.75) is 49.8 Å². The summed E-state index contributed by atoms with van der Waals surface area (Å²) < 4.78 is 28.3. The van der Waals surface area contributed by atoms with Crippen LogP contribution in [-0.4, -0.2) is 66.7 Å². The fourth-order valence-corrected chi connectivity index (χ4v) is 5.42. The SMILES string of the molecule is Cn1cc(S(=O)(=O)N2CCCC2)cc1C(=O)NCCC(=O)N1CCCCCC1. The summed E-state index contributed by atoms with van der Waals surface area (Å²) in [6.07, 6.45) is 7.87. The topological polar surface area (TPSA) is 91.7 Å². The van der Waals surface area contributed by atoms with E-state index in [1.165, 1.54) is 21.1 Å². The van der Waals surface area contributed by atoms with Gasteiger partial charge in [0.1, 0.15) is 10.6 Å². The van der Waals surface area contributed by atoms with E-state index in [9.17, 15) is 18.0 Å². The zero-order valence-corrected chi connectivity index (χ0v) is 17.3. The van der Waals surface area contributed by atoms with E-state index in [-0.39, 0.29) is 35.4 Å². The molecule has 0 atom stereocenters. The van der Waals surface area contributed by atoms with E-state index in [0.29, 0.717) is 13.1 Å². The molecular formula is C19H30N4O4S. The number of aromatic nitrogens is 1. The van der Waals surface area contributed by atoms with Crippen molar-refractivity contribution in [2.24, 2.45) is 7.05 Å². The summed E-state index contributed by atoms with van der Waals surface area (Å²) in [5, 5.41) is 2.74. The Morgan fingerprint density at radius 1 is 1.00 bits per heavy atom. The average Bonchev–Trinajstić information content (AvgIpc) is 3.26. The van der Waals surface area contributed by atoms with Gasteiger partial charge < -0.3 is 14.8 Å². The van der Waals surface area contributed by atoms with E-state index in [1.54, 1.807) is 7.05 Å². The van der Waals surface area contributed by atoms with Crippen LogP contribution in [0.4, 0.5) is 0 Å². The molecule has 0 radical (unpaired) electrons. The van der Waals surface area contributed by atoms with E-state index >= 15 is 0 Å². The molecule has 0 bridgehead atoms. The van der Waals surface area contributed by atoms with Gasteiger partial charge in [-0.15, -0.1) is 0 Å². The van der Waals surface area contributed by atoms with Gasteiger partial charge in [0, 0.05) is 52.4 Å². The second kappa shape index (κ2) is 9.09. The first-order valence-corrected chi connectivity index (χ1v) is 11.6. The first kappa shape index (κ1) is 20.9. The van der Waals surface area contributed by atoms with Crippen LogP contribution in [0.3, 0.4) is 0 Å². The zero-order valence-electron chi connectivity index (χ0n) is 16.5. The van der Waals surface area contributed by atoms with Crippen LogP contribution in [0.2, 0.25) is 0 Å². The monoisotopic (exact) mass is 410 g/mol. The van der Waals surface area contributed by atoms with E-state index in [4.69, 9.17) is 0 Å². The van der Waals surface area contributed by atoms with Gasteiger partial charge in [0.2, 0.25) is 15.9 Å². The number of nitrogens with zero attached hydrogens (tertiary/aromatic N) is 3. The Kier molecular flexibility index (Phi) is 6.77. The van der Waals surface area contributed by atoms with Crippen LogP contribution in [0.15, 0.2) is 17.2 Å².